The van der Waals surface area contributed by atoms with Gasteiger partial charge in [0, 0.05) is 19.6 Å². The zero-order chi connectivity index (χ0) is 20.8. The maximum Gasteiger partial charge on any atom is 0.0579 e. The molecule has 1 aliphatic rings. The number of hydrogen-bond donors (Lipinski definition) is 0. The van der Waals surface area contributed by atoms with E-state index in [2.05, 4.69) is 97.1 Å². The lowest BCUT2D eigenvalue weighted by atomic mass is 9.73. The van der Waals surface area contributed by atoms with E-state index in [1.165, 1.54) is 33.4 Å². The first-order valence-corrected chi connectivity index (χ1v) is 10.4. The highest BCUT2D eigenvalue weighted by Crippen LogP contribution is 2.40. The van der Waals surface area contributed by atoms with E-state index in [4.69, 9.17) is 9.47 Å². The highest BCUT2D eigenvalue weighted by molar-refractivity contribution is 5.91. The van der Waals surface area contributed by atoms with Crippen molar-refractivity contribution >= 4 is 11.1 Å². The molecule has 0 saturated heterocycles. The molecule has 0 bridgehead atoms. The Bertz CT molecular complexity index is 985. The van der Waals surface area contributed by atoms with Gasteiger partial charge >= 0.3 is 0 Å². The Morgan fingerprint density at radius 2 is 1.30 bits per heavy atom. The van der Waals surface area contributed by atoms with Crippen LogP contribution in [0.25, 0.3) is 11.1 Å². The normalized spacial score (nSPS) is 14.5. The molecule has 3 aromatic rings. The Morgan fingerprint density at radius 1 is 0.767 bits per heavy atom. The summed E-state index contributed by atoms with van der Waals surface area (Å²) in [7, 11) is 3.53. The number of rotatable bonds is 7. The molecule has 0 spiro atoms. The molecule has 0 radical (unpaired) electrons. The van der Waals surface area contributed by atoms with Gasteiger partial charge in [0.2, 0.25) is 0 Å². The van der Waals surface area contributed by atoms with Crippen LogP contribution in [0.15, 0.2) is 97.1 Å². The molecule has 0 aliphatic heterocycles. The molecule has 0 saturated carbocycles. The van der Waals surface area contributed by atoms with Crippen LogP contribution in [0.1, 0.15) is 22.3 Å². The molecule has 0 heterocycles. The predicted octanol–water partition coefficient (Wildman–Crippen LogP) is 6.04. The van der Waals surface area contributed by atoms with Crippen molar-refractivity contribution in [2.75, 3.05) is 27.4 Å². The Hall–Kier alpha value is -2.94. The van der Waals surface area contributed by atoms with Crippen molar-refractivity contribution in [2.45, 2.75) is 6.42 Å². The largest absolute Gasteiger partial charge is 0.384 e. The lowest BCUT2D eigenvalue weighted by molar-refractivity contribution is 0.0403. The average molecular weight is 397 g/mol. The Kier molecular flexibility index (Phi) is 6.27. The van der Waals surface area contributed by atoms with E-state index >= 15 is 0 Å². The quantitative estimate of drug-likeness (QED) is 0.485. The van der Waals surface area contributed by atoms with E-state index in [-0.39, 0.29) is 5.41 Å². The molecule has 2 heteroatoms. The van der Waals surface area contributed by atoms with E-state index in [0.29, 0.717) is 13.2 Å². The highest BCUT2D eigenvalue weighted by Gasteiger charge is 2.33. The lowest BCUT2D eigenvalue weighted by Gasteiger charge is -2.35. The van der Waals surface area contributed by atoms with Crippen LogP contribution in [0.3, 0.4) is 0 Å². The number of fused-ring (bicyclic) bond motifs is 1. The molecule has 0 N–H and O–H groups in total. The van der Waals surface area contributed by atoms with Crippen LogP contribution in [0.2, 0.25) is 0 Å². The number of hydrogen-bond acceptors (Lipinski definition) is 2. The molecule has 2 nitrogen and oxygen atoms in total. The molecule has 3 aromatic carbocycles. The van der Waals surface area contributed by atoms with Crippen molar-refractivity contribution in [3.63, 3.8) is 0 Å². The summed E-state index contributed by atoms with van der Waals surface area (Å²) < 4.78 is 11.3. The van der Waals surface area contributed by atoms with Crippen LogP contribution in [0.4, 0.5) is 0 Å². The van der Waals surface area contributed by atoms with Gasteiger partial charge in [-0.25, -0.2) is 0 Å². The smallest absolute Gasteiger partial charge is 0.0579 e. The molecule has 152 valence electrons. The summed E-state index contributed by atoms with van der Waals surface area (Å²) in [6.07, 6.45) is 5.59. The second-order valence-electron chi connectivity index (χ2n) is 7.95. The summed E-state index contributed by atoms with van der Waals surface area (Å²) in [5.41, 5.74) is 7.28. The third kappa shape index (κ3) is 4.30. The van der Waals surface area contributed by atoms with E-state index in [1.807, 2.05) is 0 Å². The van der Waals surface area contributed by atoms with Gasteiger partial charge < -0.3 is 9.47 Å². The maximum atomic E-state index is 5.63. The van der Waals surface area contributed by atoms with Gasteiger partial charge in [-0.1, -0.05) is 91.0 Å². The van der Waals surface area contributed by atoms with Crippen LogP contribution >= 0.6 is 0 Å². The first-order valence-electron chi connectivity index (χ1n) is 10.4. The van der Waals surface area contributed by atoms with Crippen LogP contribution < -0.4 is 0 Å². The summed E-state index contributed by atoms with van der Waals surface area (Å²) in [6, 6.07) is 29.9. The molecule has 0 amide bonds. The van der Waals surface area contributed by atoms with E-state index < -0.39 is 0 Å². The van der Waals surface area contributed by atoms with Crippen molar-refractivity contribution in [3.05, 3.63) is 119 Å². The minimum atomic E-state index is -0.178. The molecule has 30 heavy (non-hydrogen) atoms. The molecule has 0 unspecified atom stereocenters. The first-order chi connectivity index (χ1) is 14.7. The third-order valence-electron chi connectivity index (χ3n) is 5.67. The second-order valence-corrected chi connectivity index (χ2v) is 7.95. The number of allylic oxidation sites excluding steroid dienone is 2. The zero-order valence-corrected chi connectivity index (χ0v) is 17.7. The monoisotopic (exact) mass is 396 g/mol. The molecule has 1 aliphatic carbocycles. The molecule has 4 rings (SSSR count). The fourth-order valence-electron chi connectivity index (χ4n) is 4.44. The topological polar surface area (TPSA) is 18.5 Å². The van der Waals surface area contributed by atoms with Crippen LogP contribution in [-0.2, 0) is 15.9 Å². The second kappa shape index (κ2) is 9.25. The fraction of sp³-hybridized carbons (Fsp3) is 0.214. The highest BCUT2D eigenvalue weighted by atomic mass is 16.5. The van der Waals surface area contributed by atoms with Crippen LogP contribution in [0, 0.1) is 5.41 Å². The fourth-order valence-corrected chi connectivity index (χ4v) is 4.44. The molecular weight excluding hydrogens is 368 g/mol. The van der Waals surface area contributed by atoms with E-state index in [0.717, 1.165) is 6.42 Å². The zero-order valence-electron chi connectivity index (χ0n) is 17.7. The standard InChI is InChI=1S/C28H28O2/c1-29-20-28(21-30-2)18-24-15-9-10-16-26(24)25(19-28)17-27(22-11-5-3-6-12-22)23-13-7-4-8-14-23/h3-17,19H,18,20-21H2,1-2H3. The SMILES string of the molecule is COCC1(COC)C=C(C=C(c2ccccc2)c2ccccc2)c2ccccc2C1. The summed E-state index contributed by atoms with van der Waals surface area (Å²) in [5, 5.41) is 0. The molecule has 0 fully saturated rings. The summed E-state index contributed by atoms with van der Waals surface area (Å²) in [5.74, 6) is 0. The van der Waals surface area contributed by atoms with E-state index in [9.17, 15) is 0 Å². The number of benzene rings is 3. The lowest BCUT2D eigenvalue weighted by Crippen LogP contribution is -2.34. The minimum absolute atomic E-state index is 0.178. The summed E-state index contributed by atoms with van der Waals surface area (Å²) in [4.78, 5) is 0. The van der Waals surface area contributed by atoms with Crippen molar-refractivity contribution in [2.24, 2.45) is 5.41 Å². The Morgan fingerprint density at radius 3 is 1.87 bits per heavy atom. The summed E-state index contributed by atoms with van der Waals surface area (Å²) in [6.45, 7) is 1.25. The van der Waals surface area contributed by atoms with Gasteiger partial charge in [0.25, 0.3) is 0 Å². The van der Waals surface area contributed by atoms with Gasteiger partial charge in [0.15, 0.2) is 0 Å². The molecule has 0 atom stereocenters. The van der Waals surface area contributed by atoms with Crippen LogP contribution in [0.5, 0.6) is 0 Å². The Balaban J connectivity index is 1.91. The minimum Gasteiger partial charge on any atom is -0.384 e. The van der Waals surface area contributed by atoms with Gasteiger partial charge in [-0.3, -0.25) is 0 Å². The number of methoxy groups -OCH3 is 2. The maximum absolute atomic E-state index is 5.63. The summed E-state index contributed by atoms with van der Waals surface area (Å²) >= 11 is 0. The first kappa shape index (κ1) is 20.3. The predicted molar refractivity (Wildman–Crippen MR) is 124 cm³/mol. The number of ether oxygens (including phenoxy) is 2. The van der Waals surface area contributed by atoms with Crippen molar-refractivity contribution in [3.8, 4) is 0 Å². The van der Waals surface area contributed by atoms with Gasteiger partial charge in [0.05, 0.1) is 13.2 Å². The Labute approximate surface area is 179 Å². The van der Waals surface area contributed by atoms with Crippen LogP contribution in [-0.4, -0.2) is 27.4 Å². The average Bonchev–Trinajstić information content (AvgIpc) is 2.79. The molecule has 0 aromatic heterocycles. The van der Waals surface area contributed by atoms with Gasteiger partial charge in [0.1, 0.15) is 0 Å². The molecular formula is C28H28O2. The van der Waals surface area contributed by atoms with Crippen molar-refractivity contribution < 1.29 is 9.47 Å². The van der Waals surface area contributed by atoms with Crippen molar-refractivity contribution in [1.82, 2.24) is 0 Å². The van der Waals surface area contributed by atoms with Crippen molar-refractivity contribution in [1.29, 1.82) is 0 Å². The van der Waals surface area contributed by atoms with E-state index in [1.54, 1.807) is 14.2 Å². The van der Waals surface area contributed by atoms with Gasteiger partial charge in [-0.15, -0.1) is 0 Å². The van der Waals surface area contributed by atoms with Gasteiger partial charge in [-0.05, 0) is 45.9 Å². The third-order valence-corrected chi connectivity index (χ3v) is 5.67. The van der Waals surface area contributed by atoms with Gasteiger partial charge in [-0.2, -0.15) is 0 Å².